The molecule has 1 heterocycles. The molecule has 1 aliphatic heterocycles. The molecular weight excluding hydrogens is 126 g/mol. The number of rotatable bonds is 1. The third-order valence-electron chi connectivity index (χ3n) is 2.14. The van der Waals surface area contributed by atoms with Crippen LogP contribution in [0.3, 0.4) is 0 Å². The van der Waals surface area contributed by atoms with E-state index in [0.717, 1.165) is 25.6 Å². The van der Waals surface area contributed by atoms with Gasteiger partial charge in [0, 0.05) is 20.1 Å². The molecule has 3 nitrogen and oxygen atoms in total. The molecule has 1 rings (SSSR count). The molecule has 1 saturated heterocycles. The van der Waals surface area contributed by atoms with Crippen LogP contribution in [-0.4, -0.2) is 31.7 Å². The molecule has 10 heavy (non-hydrogen) atoms. The Hall–Kier alpha value is -0.120. The largest absolute Gasteiger partial charge is 0.330 e. The summed E-state index contributed by atoms with van der Waals surface area (Å²) in [6.45, 7) is 3.05. The topological polar surface area (TPSA) is 41.3 Å². The van der Waals surface area contributed by atoms with Gasteiger partial charge in [0.25, 0.3) is 0 Å². The van der Waals surface area contributed by atoms with E-state index in [-0.39, 0.29) is 0 Å². The lowest BCUT2D eigenvalue weighted by Gasteiger charge is -2.13. The van der Waals surface area contributed by atoms with Crippen LogP contribution in [0.2, 0.25) is 0 Å². The number of hydrazine groups is 1. The van der Waals surface area contributed by atoms with E-state index in [9.17, 15) is 0 Å². The molecule has 0 radical (unpaired) electrons. The fraction of sp³-hybridized carbons (Fsp3) is 1.00. The molecule has 0 aromatic carbocycles. The van der Waals surface area contributed by atoms with E-state index in [0.29, 0.717) is 0 Å². The highest BCUT2D eigenvalue weighted by atomic mass is 15.5. The molecule has 0 spiro atoms. The Morgan fingerprint density at radius 3 is 3.10 bits per heavy atom. The van der Waals surface area contributed by atoms with Gasteiger partial charge in [-0.05, 0) is 25.3 Å². The van der Waals surface area contributed by atoms with Crippen molar-refractivity contribution in [3.8, 4) is 0 Å². The molecule has 0 aromatic rings. The van der Waals surface area contributed by atoms with Gasteiger partial charge in [-0.15, -0.1) is 0 Å². The Labute approximate surface area is 62.5 Å². The van der Waals surface area contributed by atoms with Gasteiger partial charge in [-0.25, -0.2) is 5.01 Å². The first-order chi connectivity index (χ1) is 4.83. The van der Waals surface area contributed by atoms with Gasteiger partial charge >= 0.3 is 0 Å². The van der Waals surface area contributed by atoms with Crippen molar-refractivity contribution < 1.29 is 0 Å². The van der Waals surface area contributed by atoms with Gasteiger partial charge in [-0.1, -0.05) is 0 Å². The lowest BCUT2D eigenvalue weighted by molar-refractivity contribution is 0.251. The Morgan fingerprint density at radius 2 is 2.40 bits per heavy atom. The Balaban J connectivity index is 2.26. The first-order valence-electron chi connectivity index (χ1n) is 3.97. The fourth-order valence-corrected chi connectivity index (χ4v) is 1.29. The second-order valence-electron chi connectivity index (χ2n) is 3.01. The van der Waals surface area contributed by atoms with Crippen molar-refractivity contribution in [3.63, 3.8) is 0 Å². The third kappa shape index (κ3) is 2.25. The van der Waals surface area contributed by atoms with E-state index in [1.807, 2.05) is 0 Å². The summed E-state index contributed by atoms with van der Waals surface area (Å²) < 4.78 is 0. The zero-order valence-corrected chi connectivity index (χ0v) is 6.64. The molecule has 0 saturated carbocycles. The summed E-state index contributed by atoms with van der Waals surface area (Å²) in [5, 5.41) is 2.15. The standard InChI is InChI=1S/C7H17N3/c1-10-5-3-7(6-8)2-4-9-10/h7,9H,2-6,8H2,1H3. The van der Waals surface area contributed by atoms with Crippen LogP contribution in [0.15, 0.2) is 0 Å². The smallest absolute Gasteiger partial charge is 0.0130 e. The van der Waals surface area contributed by atoms with Crippen LogP contribution in [0, 0.1) is 5.92 Å². The quantitative estimate of drug-likeness (QED) is 0.534. The first-order valence-corrected chi connectivity index (χ1v) is 3.97. The Morgan fingerprint density at radius 1 is 1.60 bits per heavy atom. The number of nitrogens with zero attached hydrogens (tertiary/aromatic N) is 1. The SMILES string of the molecule is CN1CCC(CN)CCN1. The Kier molecular flexibility index (Phi) is 3.12. The first kappa shape index (κ1) is 7.98. The average molecular weight is 143 g/mol. The summed E-state index contributed by atoms with van der Waals surface area (Å²) in [6, 6.07) is 0. The summed E-state index contributed by atoms with van der Waals surface area (Å²) >= 11 is 0. The van der Waals surface area contributed by atoms with Crippen molar-refractivity contribution in [3.05, 3.63) is 0 Å². The van der Waals surface area contributed by atoms with E-state index in [2.05, 4.69) is 17.5 Å². The number of nitrogens with one attached hydrogen (secondary N) is 1. The van der Waals surface area contributed by atoms with Crippen molar-refractivity contribution in [2.45, 2.75) is 12.8 Å². The predicted molar refractivity (Wildman–Crippen MR) is 42.4 cm³/mol. The Bertz CT molecular complexity index is 94.9. The van der Waals surface area contributed by atoms with Gasteiger partial charge in [0.05, 0.1) is 0 Å². The lowest BCUT2D eigenvalue weighted by atomic mass is 10.0. The molecule has 1 aliphatic rings. The number of hydrogen-bond acceptors (Lipinski definition) is 3. The highest BCUT2D eigenvalue weighted by molar-refractivity contribution is 4.66. The molecule has 60 valence electrons. The van der Waals surface area contributed by atoms with Gasteiger partial charge in [-0.2, -0.15) is 0 Å². The van der Waals surface area contributed by atoms with E-state index in [4.69, 9.17) is 5.73 Å². The minimum atomic E-state index is 0.734. The summed E-state index contributed by atoms with van der Waals surface area (Å²) in [5.74, 6) is 0.734. The third-order valence-corrected chi connectivity index (χ3v) is 2.14. The molecule has 1 atom stereocenters. The molecule has 0 bridgehead atoms. The lowest BCUT2D eigenvalue weighted by Crippen LogP contribution is -2.33. The molecule has 0 aromatic heterocycles. The van der Waals surface area contributed by atoms with Crippen LogP contribution in [0.25, 0.3) is 0 Å². The zero-order chi connectivity index (χ0) is 7.40. The fourth-order valence-electron chi connectivity index (χ4n) is 1.29. The van der Waals surface area contributed by atoms with Gasteiger partial charge in [0.15, 0.2) is 0 Å². The van der Waals surface area contributed by atoms with E-state index >= 15 is 0 Å². The monoisotopic (exact) mass is 143 g/mol. The van der Waals surface area contributed by atoms with Crippen LogP contribution in [-0.2, 0) is 0 Å². The van der Waals surface area contributed by atoms with Crippen molar-refractivity contribution in [2.24, 2.45) is 11.7 Å². The molecule has 0 aliphatic carbocycles. The maximum absolute atomic E-state index is 5.57. The van der Waals surface area contributed by atoms with Crippen LogP contribution >= 0.6 is 0 Å². The second kappa shape index (κ2) is 3.91. The number of hydrogen-bond donors (Lipinski definition) is 2. The molecular formula is C7H17N3. The summed E-state index contributed by atoms with van der Waals surface area (Å²) in [7, 11) is 2.08. The van der Waals surface area contributed by atoms with Gasteiger partial charge < -0.3 is 5.73 Å². The molecule has 3 N–H and O–H groups in total. The maximum atomic E-state index is 5.57. The van der Waals surface area contributed by atoms with Crippen LogP contribution in [0.5, 0.6) is 0 Å². The predicted octanol–water partition coefficient (Wildman–Crippen LogP) is -0.208. The summed E-state index contributed by atoms with van der Waals surface area (Å²) in [6.07, 6.45) is 2.46. The molecule has 1 unspecified atom stereocenters. The molecule has 3 heteroatoms. The van der Waals surface area contributed by atoms with E-state index in [1.54, 1.807) is 0 Å². The van der Waals surface area contributed by atoms with E-state index < -0.39 is 0 Å². The minimum absolute atomic E-state index is 0.734. The van der Waals surface area contributed by atoms with Gasteiger partial charge in [0.1, 0.15) is 0 Å². The minimum Gasteiger partial charge on any atom is -0.330 e. The zero-order valence-electron chi connectivity index (χ0n) is 6.64. The highest BCUT2D eigenvalue weighted by Gasteiger charge is 2.11. The van der Waals surface area contributed by atoms with Crippen LogP contribution in [0.1, 0.15) is 12.8 Å². The number of nitrogens with two attached hydrogens (primary N) is 1. The van der Waals surface area contributed by atoms with Gasteiger partial charge in [-0.3, -0.25) is 5.43 Å². The molecule has 1 fully saturated rings. The van der Waals surface area contributed by atoms with Crippen molar-refractivity contribution in [1.29, 1.82) is 0 Å². The van der Waals surface area contributed by atoms with Crippen LogP contribution in [0.4, 0.5) is 0 Å². The maximum Gasteiger partial charge on any atom is 0.0130 e. The average Bonchev–Trinajstić information content (AvgIpc) is 2.14. The summed E-state index contributed by atoms with van der Waals surface area (Å²) in [5.41, 5.74) is 8.86. The van der Waals surface area contributed by atoms with Crippen molar-refractivity contribution >= 4 is 0 Å². The highest BCUT2D eigenvalue weighted by Crippen LogP contribution is 2.08. The second-order valence-corrected chi connectivity index (χ2v) is 3.01. The van der Waals surface area contributed by atoms with Crippen molar-refractivity contribution in [2.75, 3.05) is 26.7 Å². The molecule has 0 amide bonds. The normalized spacial score (nSPS) is 30.0. The van der Waals surface area contributed by atoms with E-state index in [1.165, 1.54) is 12.8 Å². The van der Waals surface area contributed by atoms with Crippen molar-refractivity contribution in [1.82, 2.24) is 10.4 Å². The van der Waals surface area contributed by atoms with Crippen LogP contribution < -0.4 is 11.2 Å². The summed E-state index contributed by atoms with van der Waals surface area (Å²) in [4.78, 5) is 0. The van der Waals surface area contributed by atoms with Gasteiger partial charge in [0.2, 0.25) is 0 Å².